The van der Waals surface area contributed by atoms with Crippen LogP contribution in [-0.2, 0) is 14.4 Å². The van der Waals surface area contributed by atoms with E-state index >= 15 is 0 Å². The van der Waals surface area contributed by atoms with Crippen molar-refractivity contribution in [1.29, 1.82) is 0 Å². The highest BCUT2D eigenvalue weighted by Crippen LogP contribution is 2.36. The molecule has 1 aromatic rings. The summed E-state index contributed by atoms with van der Waals surface area (Å²) in [7, 11) is 0. The number of hydrogen-bond acceptors (Lipinski definition) is 6. The van der Waals surface area contributed by atoms with Crippen LogP contribution in [0.25, 0.3) is 6.08 Å². The second-order valence-electron chi connectivity index (χ2n) is 6.35. The highest BCUT2D eigenvalue weighted by molar-refractivity contribution is 14.1. The zero-order valence-electron chi connectivity index (χ0n) is 15.0. The van der Waals surface area contributed by atoms with Crippen LogP contribution in [0.4, 0.5) is 4.79 Å². The van der Waals surface area contributed by atoms with Crippen LogP contribution in [0.15, 0.2) is 21.5 Å². The largest absolute Gasteiger partial charge is 0.480 e. The van der Waals surface area contributed by atoms with Gasteiger partial charge < -0.3 is 14.7 Å². The molecule has 0 atom stereocenters. The van der Waals surface area contributed by atoms with Crippen molar-refractivity contribution in [3.05, 3.63) is 30.6 Å². The van der Waals surface area contributed by atoms with Crippen molar-refractivity contribution in [1.82, 2.24) is 9.80 Å². The molecule has 1 aromatic carbocycles. The number of hydrogen-bond donors (Lipinski definition) is 1. The Morgan fingerprint density at radius 2 is 1.97 bits per heavy atom. The van der Waals surface area contributed by atoms with Crippen LogP contribution in [0.5, 0.6) is 5.75 Å². The number of nitrogens with zero attached hydrogens (tertiary/aromatic N) is 2. The summed E-state index contributed by atoms with van der Waals surface area (Å²) in [4.78, 5) is 50.7. The van der Waals surface area contributed by atoms with Gasteiger partial charge in [-0.25, -0.2) is 4.79 Å². The number of rotatable bonds is 6. The van der Waals surface area contributed by atoms with Gasteiger partial charge in [0.1, 0.15) is 12.3 Å². The Morgan fingerprint density at radius 1 is 1.28 bits per heavy atom. The second kappa shape index (κ2) is 9.47. The van der Waals surface area contributed by atoms with Gasteiger partial charge in [-0.15, -0.1) is 0 Å². The first-order valence-corrected chi connectivity index (χ1v) is 11.3. The van der Waals surface area contributed by atoms with E-state index in [4.69, 9.17) is 9.84 Å². The monoisotopic (exact) mass is 594 g/mol. The van der Waals surface area contributed by atoms with E-state index in [2.05, 4.69) is 15.9 Å². The van der Waals surface area contributed by atoms with E-state index in [1.807, 2.05) is 22.6 Å². The lowest BCUT2D eigenvalue weighted by atomic mass is 10.2. The maximum atomic E-state index is 12.6. The molecular formula is C18H16BrIN2O6S. The highest BCUT2D eigenvalue weighted by Gasteiger charge is 2.37. The number of carboxylic acid groups (broad SMARTS) is 1. The molecule has 3 amide bonds. The van der Waals surface area contributed by atoms with Gasteiger partial charge in [0, 0.05) is 13.1 Å². The molecule has 0 saturated carbocycles. The molecule has 2 aliphatic heterocycles. The van der Waals surface area contributed by atoms with Crippen molar-refractivity contribution < 1.29 is 29.0 Å². The lowest BCUT2D eigenvalue weighted by Crippen LogP contribution is -2.40. The fourth-order valence-corrected chi connectivity index (χ4v) is 5.53. The average molecular weight is 595 g/mol. The van der Waals surface area contributed by atoms with Gasteiger partial charge in [0.05, 0.1) is 12.9 Å². The molecule has 0 radical (unpaired) electrons. The Kier molecular flexibility index (Phi) is 7.22. The molecule has 0 spiro atoms. The number of benzene rings is 1. The van der Waals surface area contributed by atoms with Crippen molar-refractivity contribution in [2.24, 2.45) is 0 Å². The molecule has 8 nitrogen and oxygen atoms in total. The average Bonchev–Trinajstić information content (AvgIpc) is 3.26. The van der Waals surface area contributed by atoms with Crippen LogP contribution in [-0.4, -0.2) is 64.2 Å². The fraction of sp³-hybridized carbons (Fsp3) is 0.333. The number of carbonyl (C=O) groups excluding carboxylic acids is 3. The van der Waals surface area contributed by atoms with Gasteiger partial charge in [-0.2, -0.15) is 0 Å². The van der Waals surface area contributed by atoms with Crippen molar-refractivity contribution in [2.45, 2.75) is 12.8 Å². The topological polar surface area (TPSA) is 104 Å². The van der Waals surface area contributed by atoms with E-state index in [0.29, 0.717) is 32.4 Å². The standard InChI is InChI=1S/C18H16BrIN2O6S/c19-11-5-10(6-12(20)16(11)28-9-15(24)25)7-13-17(26)22(18(27)29-13)8-14(23)21-3-1-2-4-21/h5-7H,1-4,8-9H2,(H,24,25)/b13-7+. The van der Waals surface area contributed by atoms with Crippen LogP contribution in [0, 0.1) is 3.57 Å². The minimum absolute atomic E-state index is 0.219. The summed E-state index contributed by atoms with van der Waals surface area (Å²) >= 11 is 6.13. The molecule has 2 saturated heterocycles. The lowest BCUT2D eigenvalue weighted by molar-refractivity contribution is -0.139. The molecule has 29 heavy (non-hydrogen) atoms. The first kappa shape index (κ1) is 22.1. The molecule has 1 N–H and O–H groups in total. The Bertz CT molecular complexity index is 893. The molecule has 0 aliphatic carbocycles. The minimum Gasteiger partial charge on any atom is -0.480 e. The van der Waals surface area contributed by atoms with Gasteiger partial charge in [-0.3, -0.25) is 19.3 Å². The zero-order chi connectivity index (χ0) is 21.1. The van der Waals surface area contributed by atoms with Crippen molar-refractivity contribution in [3.8, 4) is 5.75 Å². The van der Waals surface area contributed by atoms with Crippen LogP contribution in [0.2, 0.25) is 0 Å². The molecule has 0 unspecified atom stereocenters. The van der Waals surface area contributed by atoms with Crippen LogP contribution in [0.3, 0.4) is 0 Å². The predicted molar refractivity (Wildman–Crippen MR) is 118 cm³/mol. The van der Waals surface area contributed by atoms with E-state index in [-0.39, 0.29) is 17.4 Å². The van der Waals surface area contributed by atoms with Crippen LogP contribution in [0.1, 0.15) is 18.4 Å². The number of aliphatic carboxylic acids is 1. The first-order chi connectivity index (χ1) is 13.8. The number of carbonyl (C=O) groups is 4. The zero-order valence-corrected chi connectivity index (χ0v) is 19.6. The number of thioether (sulfide) groups is 1. The lowest BCUT2D eigenvalue weighted by Gasteiger charge is -2.18. The smallest absolute Gasteiger partial charge is 0.341 e. The molecule has 11 heteroatoms. The summed E-state index contributed by atoms with van der Waals surface area (Å²) in [5.74, 6) is -1.42. The normalized spacial score (nSPS) is 18.1. The molecule has 2 fully saturated rings. The Labute approximate surface area is 192 Å². The van der Waals surface area contributed by atoms with Crippen molar-refractivity contribution in [2.75, 3.05) is 26.2 Å². The van der Waals surface area contributed by atoms with Crippen molar-refractivity contribution in [3.63, 3.8) is 0 Å². The quantitative estimate of drug-likeness (QED) is 0.398. The molecule has 2 heterocycles. The number of amides is 3. The van der Waals surface area contributed by atoms with E-state index in [1.54, 1.807) is 23.1 Å². The van der Waals surface area contributed by atoms with E-state index in [0.717, 1.165) is 29.5 Å². The minimum atomic E-state index is -1.09. The SMILES string of the molecule is O=C(O)COc1c(Br)cc(/C=C2/SC(=O)N(CC(=O)N3CCCC3)C2=O)cc1I. The van der Waals surface area contributed by atoms with Gasteiger partial charge in [0.25, 0.3) is 11.1 Å². The van der Waals surface area contributed by atoms with Gasteiger partial charge in [0.15, 0.2) is 6.61 Å². The highest BCUT2D eigenvalue weighted by atomic mass is 127. The summed E-state index contributed by atoms with van der Waals surface area (Å²) < 4.78 is 6.42. The summed E-state index contributed by atoms with van der Waals surface area (Å²) in [6.07, 6.45) is 3.44. The number of carboxylic acids is 1. The third kappa shape index (κ3) is 5.31. The third-order valence-electron chi connectivity index (χ3n) is 4.28. The molecule has 2 aliphatic rings. The summed E-state index contributed by atoms with van der Waals surface area (Å²) in [5.41, 5.74) is 0.639. The van der Waals surface area contributed by atoms with Gasteiger partial charge >= 0.3 is 5.97 Å². The van der Waals surface area contributed by atoms with Crippen LogP contribution >= 0.6 is 50.3 Å². The fourth-order valence-electron chi connectivity index (χ4n) is 2.92. The number of likely N-dealkylation sites (tertiary alicyclic amines) is 1. The van der Waals surface area contributed by atoms with Crippen molar-refractivity contribution >= 4 is 79.4 Å². The molecule has 3 rings (SSSR count). The first-order valence-electron chi connectivity index (χ1n) is 8.63. The maximum Gasteiger partial charge on any atom is 0.341 e. The third-order valence-corrected chi connectivity index (χ3v) is 6.58. The Hall–Kier alpha value is -1.60. The predicted octanol–water partition coefficient (Wildman–Crippen LogP) is 3.18. The van der Waals surface area contributed by atoms with Gasteiger partial charge in [-0.1, -0.05) is 0 Å². The van der Waals surface area contributed by atoms with E-state index in [9.17, 15) is 19.2 Å². The number of ether oxygens (including phenoxy) is 1. The molecule has 0 aromatic heterocycles. The van der Waals surface area contributed by atoms with E-state index < -0.39 is 23.7 Å². The number of halogens is 2. The molecular weight excluding hydrogens is 579 g/mol. The Balaban J connectivity index is 1.75. The number of imide groups is 1. The van der Waals surface area contributed by atoms with Crippen LogP contribution < -0.4 is 4.74 Å². The van der Waals surface area contributed by atoms with Gasteiger partial charge in [0.2, 0.25) is 5.91 Å². The van der Waals surface area contributed by atoms with E-state index in [1.165, 1.54) is 0 Å². The second-order valence-corrected chi connectivity index (χ2v) is 9.36. The molecule has 0 bridgehead atoms. The maximum absolute atomic E-state index is 12.6. The summed E-state index contributed by atoms with van der Waals surface area (Å²) in [6.45, 7) is 0.602. The summed E-state index contributed by atoms with van der Waals surface area (Å²) in [5, 5.41) is 8.29. The molecule has 154 valence electrons. The summed E-state index contributed by atoms with van der Waals surface area (Å²) in [6, 6.07) is 3.38. The Morgan fingerprint density at radius 3 is 2.59 bits per heavy atom. The van der Waals surface area contributed by atoms with Gasteiger partial charge in [-0.05, 0) is 86.9 Å².